The number of ether oxygens (including phenoxy) is 2. The topological polar surface area (TPSA) is 72.8 Å². The molecule has 0 aliphatic heterocycles. The van der Waals surface area contributed by atoms with Crippen LogP contribution in [0, 0.1) is 0 Å². The highest BCUT2D eigenvalue weighted by Gasteiger charge is 2.06. The van der Waals surface area contributed by atoms with Crippen LogP contribution in [0.15, 0.2) is 64.3 Å². The van der Waals surface area contributed by atoms with Crippen molar-refractivity contribution in [2.45, 2.75) is 0 Å². The number of para-hydroxylation sites is 1. The third-order valence-corrected chi connectivity index (χ3v) is 4.15. The zero-order chi connectivity index (χ0) is 18.4. The number of hydrogen-bond acceptors (Lipinski definition) is 5. The summed E-state index contributed by atoms with van der Waals surface area (Å²) in [4.78, 5) is 16.2. The van der Waals surface area contributed by atoms with Crippen LogP contribution in [0.2, 0.25) is 0 Å². The second-order valence-electron chi connectivity index (χ2n) is 5.31. The number of halogens is 1. The molecule has 0 aliphatic rings. The minimum Gasteiger partial charge on any atom is -0.496 e. The van der Waals surface area contributed by atoms with Crippen LogP contribution in [0.25, 0.3) is 10.9 Å². The molecule has 2 aromatic carbocycles. The van der Waals surface area contributed by atoms with E-state index in [9.17, 15) is 4.79 Å². The lowest BCUT2D eigenvalue weighted by Gasteiger charge is -2.07. The Morgan fingerprint density at radius 2 is 2.08 bits per heavy atom. The Morgan fingerprint density at radius 3 is 2.88 bits per heavy atom. The Hall–Kier alpha value is -2.93. The molecular weight excluding hydrogens is 398 g/mol. The van der Waals surface area contributed by atoms with Gasteiger partial charge in [-0.25, -0.2) is 5.43 Å². The first kappa shape index (κ1) is 17.9. The predicted octanol–water partition coefficient (Wildman–Crippen LogP) is 3.54. The van der Waals surface area contributed by atoms with Crippen molar-refractivity contribution in [2.75, 3.05) is 13.7 Å². The van der Waals surface area contributed by atoms with Crippen LogP contribution in [0.1, 0.15) is 5.56 Å². The molecule has 7 heteroatoms. The number of carbonyl (C=O) groups excluding carboxylic acids is 1. The number of hydrazone groups is 1. The first-order valence-electron chi connectivity index (χ1n) is 7.79. The van der Waals surface area contributed by atoms with Crippen molar-refractivity contribution < 1.29 is 14.3 Å². The number of nitrogens with one attached hydrogen (secondary N) is 1. The fourth-order valence-corrected chi connectivity index (χ4v) is 2.87. The van der Waals surface area contributed by atoms with E-state index in [0.29, 0.717) is 5.75 Å². The summed E-state index contributed by atoms with van der Waals surface area (Å²) in [6, 6.07) is 14.8. The Morgan fingerprint density at radius 1 is 1.23 bits per heavy atom. The van der Waals surface area contributed by atoms with Crippen LogP contribution in [0.5, 0.6) is 11.5 Å². The van der Waals surface area contributed by atoms with Crippen molar-refractivity contribution in [3.05, 3.63) is 64.8 Å². The molecule has 0 fully saturated rings. The number of methoxy groups -OCH3 is 1. The Kier molecular flexibility index (Phi) is 5.80. The molecule has 1 N–H and O–H groups in total. The van der Waals surface area contributed by atoms with E-state index in [0.717, 1.165) is 26.7 Å². The largest absolute Gasteiger partial charge is 0.496 e. The van der Waals surface area contributed by atoms with E-state index < -0.39 is 0 Å². The third kappa shape index (κ3) is 4.37. The standard InChI is InChI=1S/C19H16BrN3O3/c1-25-16-8-7-13(10-15(16)20)11-22-23-18(24)12-26-17-6-2-4-14-5-3-9-21-19(14)17/h2-11H,12H2,1H3,(H,23,24)/b22-11-. The molecule has 1 amide bonds. The summed E-state index contributed by atoms with van der Waals surface area (Å²) in [5.74, 6) is 0.923. The number of pyridine rings is 1. The van der Waals surface area contributed by atoms with Crippen molar-refractivity contribution in [3.63, 3.8) is 0 Å². The summed E-state index contributed by atoms with van der Waals surface area (Å²) < 4.78 is 11.5. The van der Waals surface area contributed by atoms with Gasteiger partial charge in [0, 0.05) is 11.6 Å². The molecule has 1 aromatic heterocycles. The van der Waals surface area contributed by atoms with Crippen molar-refractivity contribution in [1.82, 2.24) is 10.4 Å². The number of rotatable bonds is 6. The molecule has 0 unspecified atom stereocenters. The van der Waals surface area contributed by atoms with Gasteiger partial charge in [-0.05, 0) is 51.8 Å². The van der Waals surface area contributed by atoms with Gasteiger partial charge in [0.2, 0.25) is 0 Å². The van der Waals surface area contributed by atoms with E-state index in [2.05, 4.69) is 31.4 Å². The summed E-state index contributed by atoms with van der Waals surface area (Å²) >= 11 is 3.40. The minimum absolute atomic E-state index is 0.153. The molecular formula is C19H16BrN3O3. The Labute approximate surface area is 159 Å². The van der Waals surface area contributed by atoms with Crippen LogP contribution in [0.3, 0.4) is 0 Å². The molecule has 0 saturated heterocycles. The zero-order valence-corrected chi connectivity index (χ0v) is 15.6. The van der Waals surface area contributed by atoms with Gasteiger partial charge in [0.05, 0.1) is 17.8 Å². The maximum atomic E-state index is 11.9. The molecule has 3 rings (SSSR count). The second-order valence-corrected chi connectivity index (χ2v) is 6.16. The average molecular weight is 414 g/mol. The second kappa shape index (κ2) is 8.44. The summed E-state index contributed by atoms with van der Waals surface area (Å²) in [7, 11) is 1.60. The fraction of sp³-hybridized carbons (Fsp3) is 0.105. The van der Waals surface area contributed by atoms with Gasteiger partial charge in [-0.15, -0.1) is 0 Å². The maximum Gasteiger partial charge on any atom is 0.277 e. The van der Waals surface area contributed by atoms with Crippen molar-refractivity contribution in [1.29, 1.82) is 0 Å². The van der Waals surface area contributed by atoms with E-state index in [1.54, 1.807) is 25.6 Å². The summed E-state index contributed by atoms with van der Waals surface area (Å²) in [6.07, 6.45) is 3.23. The number of carbonyl (C=O) groups is 1. The van der Waals surface area contributed by atoms with Gasteiger partial charge in [0.15, 0.2) is 6.61 Å². The fourth-order valence-electron chi connectivity index (χ4n) is 2.31. The Balaban J connectivity index is 1.56. The van der Waals surface area contributed by atoms with Gasteiger partial charge in [0.1, 0.15) is 17.0 Å². The summed E-state index contributed by atoms with van der Waals surface area (Å²) in [5, 5.41) is 4.88. The highest BCUT2D eigenvalue weighted by molar-refractivity contribution is 9.10. The number of aromatic nitrogens is 1. The van der Waals surface area contributed by atoms with Crippen LogP contribution in [0.4, 0.5) is 0 Å². The molecule has 0 atom stereocenters. The smallest absolute Gasteiger partial charge is 0.277 e. The number of amides is 1. The molecule has 3 aromatic rings. The van der Waals surface area contributed by atoms with E-state index in [1.165, 1.54) is 0 Å². The molecule has 26 heavy (non-hydrogen) atoms. The van der Waals surface area contributed by atoms with Crippen LogP contribution < -0.4 is 14.9 Å². The quantitative estimate of drug-likeness (QED) is 0.495. The van der Waals surface area contributed by atoms with Crippen LogP contribution >= 0.6 is 15.9 Å². The lowest BCUT2D eigenvalue weighted by atomic mass is 10.2. The predicted molar refractivity (Wildman–Crippen MR) is 104 cm³/mol. The molecule has 1 heterocycles. The van der Waals surface area contributed by atoms with Gasteiger partial charge in [-0.2, -0.15) is 5.10 Å². The molecule has 0 spiro atoms. The summed E-state index contributed by atoms with van der Waals surface area (Å²) in [5.41, 5.74) is 3.97. The van der Waals surface area contributed by atoms with E-state index in [-0.39, 0.29) is 12.5 Å². The van der Waals surface area contributed by atoms with E-state index >= 15 is 0 Å². The number of benzene rings is 2. The average Bonchev–Trinajstić information content (AvgIpc) is 2.66. The first-order valence-corrected chi connectivity index (χ1v) is 8.58. The number of fused-ring (bicyclic) bond motifs is 1. The normalized spacial score (nSPS) is 10.8. The molecule has 6 nitrogen and oxygen atoms in total. The van der Waals surface area contributed by atoms with Gasteiger partial charge >= 0.3 is 0 Å². The number of nitrogens with zero attached hydrogens (tertiary/aromatic N) is 2. The molecule has 0 bridgehead atoms. The zero-order valence-electron chi connectivity index (χ0n) is 14.0. The van der Waals surface area contributed by atoms with E-state index in [1.807, 2.05) is 42.5 Å². The van der Waals surface area contributed by atoms with Crippen molar-refractivity contribution in [3.8, 4) is 11.5 Å². The van der Waals surface area contributed by atoms with Crippen molar-refractivity contribution >= 4 is 39.0 Å². The summed E-state index contributed by atoms with van der Waals surface area (Å²) in [6.45, 7) is -0.153. The first-order chi connectivity index (χ1) is 12.7. The Bertz CT molecular complexity index is 954. The van der Waals surface area contributed by atoms with Gasteiger partial charge in [-0.3, -0.25) is 9.78 Å². The third-order valence-electron chi connectivity index (χ3n) is 3.53. The maximum absolute atomic E-state index is 11.9. The molecule has 0 radical (unpaired) electrons. The monoisotopic (exact) mass is 413 g/mol. The lowest BCUT2D eigenvalue weighted by Crippen LogP contribution is -2.24. The van der Waals surface area contributed by atoms with E-state index in [4.69, 9.17) is 9.47 Å². The number of hydrogen-bond donors (Lipinski definition) is 1. The minimum atomic E-state index is -0.359. The molecule has 0 aliphatic carbocycles. The van der Waals surface area contributed by atoms with Crippen molar-refractivity contribution in [2.24, 2.45) is 5.10 Å². The molecule has 0 saturated carbocycles. The highest BCUT2D eigenvalue weighted by Crippen LogP contribution is 2.25. The SMILES string of the molecule is COc1ccc(/C=N\NC(=O)COc2cccc3cccnc23)cc1Br. The lowest BCUT2D eigenvalue weighted by molar-refractivity contribution is -0.123. The highest BCUT2D eigenvalue weighted by atomic mass is 79.9. The van der Waals surface area contributed by atoms with Crippen LogP contribution in [-0.2, 0) is 4.79 Å². The van der Waals surface area contributed by atoms with Crippen LogP contribution in [-0.4, -0.2) is 30.8 Å². The van der Waals surface area contributed by atoms with Gasteiger partial charge in [-0.1, -0.05) is 18.2 Å². The van der Waals surface area contributed by atoms with Gasteiger partial charge in [0.25, 0.3) is 5.91 Å². The molecule has 132 valence electrons. The van der Waals surface area contributed by atoms with Gasteiger partial charge < -0.3 is 9.47 Å².